The van der Waals surface area contributed by atoms with E-state index in [0.29, 0.717) is 17.0 Å². The molecule has 0 spiro atoms. The van der Waals surface area contributed by atoms with Gasteiger partial charge in [0.05, 0.1) is 12.7 Å². The van der Waals surface area contributed by atoms with Crippen molar-refractivity contribution in [1.29, 1.82) is 0 Å². The first-order valence-electron chi connectivity index (χ1n) is 9.76. The number of carbonyl (C=O) groups excluding carboxylic acids is 1. The quantitative estimate of drug-likeness (QED) is 0.609. The Morgan fingerprint density at radius 2 is 1.72 bits per heavy atom. The number of likely N-dealkylation sites (N-methyl/N-ethyl adjacent to an activating group) is 1. The van der Waals surface area contributed by atoms with Crippen molar-refractivity contribution >= 4 is 22.4 Å². The molecular weight excluding hydrogens is 362 g/mol. The molecule has 29 heavy (non-hydrogen) atoms. The molecule has 0 radical (unpaired) electrons. The van der Waals surface area contributed by atoms with E-state index in [1.54, 1.807) is 19.2 Å². The molecule has 5 heteroatoms. The smallest absolute Gasteiger partial charge is 0.215 e. The lowest BCUT2D eigenvalue weighted by atomic mass is 10.0. The average molecular weight is 392 g/mol. The van der Waals surface area contributed by atoms with Gasteiger partial charge in [0, 0.05) is 31.6 Å². The Kier molecular flexibility index (Phi) is 6.49. The molecule has 152 valence electrons. The molecule has 1 aliphatic heterocycles. The molecule has 4 rings (SSSR count). The number of piperazine rings is 1. The molecule has 5 nitrogen and oxygen atoms in total. The Morgan fingerprint density at radius 1 is 1.03 bits per heavy atom. The van der Waals surface area contributed by atoms with Gasteiger partial charge in [0.1, 0.15) is 17.3 Å². The first-order chi connectivity index (χ1) is 13.7. The van der Waals surface area contributed by atoms with Crippen molar-refractivity contribution in [3.05, 3.63) is 65.9 Å². The SMILES string of the molecule is C.CCN1CCN(c2nc(C(=O)c3ccccc3OC)cc3ccccc23)CC1. The van der Waals surface area contributed by atoms with E-state index in [1.807, 2.05) is 36.4 Å². The largest absolute Gasteiger partial charge is 0.496 e. The minimum absolute atomic E-state index is 0. The highest BCUT2D eigenvalue weighted by Gasteiger charge is 2.22. The maximum Gasteiger partial charge on any atom is 0.215 e. The summed E-state index contributed by atoms with van der Waals surface area (Å²) in [4.78, 5) is 22.8. The lowest BCUT2D eigenvalue weighted by molar-refractivity contribution is 0.103. The summed E-state index contributed by atoms with van der Waals surface area (Å²) in [5.74, 6) is 1.35. The Balaban J connectivity index is 0.00000240. The molecule has 0 aliphatic carbocycles. The number of carbonyl (C=O) groups is 1. The van der Waals surface area contributed by atoms with Gasteiger partial charge < -0.3 is 14.5 Å². The van der Waals surface area contributed by atoms with Gasteiger partial charge in [-0.3, -0.25) is 4.79 Å². The van der Waals surface area contributed by atoms with Crippen LogP contribution >= 0.6 is 0 Å². The number of ether oxygens (including phenoxy) is 1. The van der Waals surface area contributed by atoms with Crippen LogP contribution in [0.3, 0.4) is 0 Å². The van der Waals surface area contributed by atoms with Gasteiger partial charge in [-0.1, -0.05) is 50.7 Å². The highest BCUT2D eigenvalue weighted by atomic mass is 16.5. The van der Waals surface area contributed by atoms with Gasteiger partial charge in [0.2, 0.25) is 5.78 Å². The van der Waals surface area contributed by atoms with Crippen LogP contribution in [0.4, 0.5) is 5.82 Å². The Bertz CT molecular complexity index is 994. The fourth-order valence-corrected chi connectivity index (χ4v) is 3.78. The van der Waals surface area contributed by atoms with Crippen LogP contribution in [-0.4, -0.2) is 55.5 Å². The molecule has 0 saturated carbocycles. The molecule has 1 fully saturated rings. The standard InChI is InChI=1S/C23H25N3O2.CH4/c1-3-25-12-14-26(15-13-25)23-18-9-5-4-8-17(18)16-20(24-23)22(27)19-10-6-7-11-21(19)28-2;/h4-11,16H,3,12-15H2,1-2H3;1H4. The van der Waals surface area contributed by atoms with Gasteiger partial charge in [0.15, 0.2) is 0 Å². The number of pyridine rings is 1. The summed E-state index contributed by atoms with van der Waals surface area (Å²) >= 11 is 0. The number of benzene rings is 2. The number of para-hydroxylation sites is 1. The van der Waals surface area contributed by atoms with Crippen LogP contribution in [0.15, 0.2) is 54.6 Å². The van der Waals surface area contributed by atoms with E-state index < -0.39 is 0 Å². The molecule has 0 atom stereocenters. The maximum absolute atomic E-state index is 13.2. The van der Waals surface area contributed by atoms with E-state index in [2.05, 4.69) is 22.8 Å². The molecular formula is C24H29N3O2. The molecule has 0 amide bonds. The molecule has 3 aromatic rings. The van der Waals surface area contributed by atoms with Gasteiger partial charge >= 0.3 is 0 Å². The first-order valence-corrected chi connectivity index (χ1v) is 9.76. The summed E-state index contributed by atoms with van der Waals surface area (Å²) in [7, 11) is 1.58. The van der Waals surface area contributed by atoms with Crippen LogP contribution < -0.4 is 9.64 Å². The van der Waals surface area contributed by atoms with Crippen LogP contribution in [0.1, 0.15) is 30.4 Å². The van der Waals surface area contributed by atoms with Crippen LogP contribution in [-0.2, 0) is 0 Å². The maximum atomic E-state index is 13.2. The molecule has 1 aliphatic rings. The highest BCUT2D eigenvalue weighted by Crippen LogP contribution is 2.29. The second kappa shape index (κ2) is 9.05. The lowest BCUT2D eigenvalue weighted by Crippen LogP contribution is -2.46. The lowest BCUT2D eigenvalue weighted by Gasteiger charge is -2.35. The molecule has 0 unspecified atom stereocenters. The van der Waals surface area contributed by atoms with E-state index in [1.165, 1.54) is 0 Å². The van der Waals surface area contributed by atoms with Crippen LogP contribution in [0.2, 0.25) is 0 Å². The third-order valence-electron chi connectivity index (χ3n) is 5.42. The number of ketones is 1. The van der Waals surface area contributed by atoms with Gasteiger partial charge in [-0.05, 0) is 30.1 Å². The minimum Gasteiger partial charge on any atom is -0.496 e. The summed E-state index contributed by atoms with van der Waals surface area (Å²) in [6, 6.07) is 17.3. The monoisotopic (exact) mass is 391 g/mol. The Labute approximate surface area is 172 Å². The van der Waals surface area contributed by atoms with E-state index in [0.717, 1.165) is 49.3 Å². The fraction of sp³-hybridized carbons (Fsp3) is 0.333. The van der Waals surface area contributed by atoms with E-state index >= 15 is 0 Å². The topological polar surface area (TPSA) is 45.7 Å². The minimum atomic E-state index is -0.114. The second-order valence-electron chi connectivity index (χ2n) is 7.00. The van der Waals surface area contributed by atoms with Crippen molar-refractivity contribution in [1.82, 2.24) is 9.88 Å². The summed E-state index contributed by atoms with van der Waals surface area (Å²) in [5.41, 5.74) is 0.991. The number of methoxy groups -OCH3 is 1. The summed E-state index contributed by atoms with van der Waals surface area (Å²) < 4.78 is 5.38. The number of aromatic nitrogens is 1. The molecule has 1 saturated heterocycles. The van der Waals surface area contributed by atoms with Crippen molar-refractivity contribution in [2.45, 2.75) is 14.4 Å². The summed E-state index contributed by atoms with van der Waals surface area (Å²) in [6.45, 7) is 7.10. The zero-order valence-corrected chi connectivity index (χ0v) is 16.4. The number of anilines is 1. The van der Waals surface area contributed by atoms with Gasteiger partial charge in [0.25, 0.3) is 0 Å². The van der Waals surface area contributed by atoms with Crippen molar-refractivity contribution < 1.29 is 9.53 Å². The van der Waals surface area contributed by atoms with Gasteiger partial charge in [-0.2, -0.15) is 0 Å². The molecule has 0 N–H and O–H groups in total. The summed E-state index contributed by atoms with van der Waals surface area (Å²) in [6.07, 6.45) is 0. The number of fused-ring (bicyclic) bond motifs is 1. The van der Waals surface area contributed by atoms with Crippen LogP contribution in [0, 0.1) is 0 Å². The Morgan fingerprint density at radius 3 is 2.45 bits per heavy atom. The van der Waals surface area contributed by atoms with E-state index in [4.69, 9.17) is 9.72 Å². The predicted octanol–water partition coefficient (Wildman–Crippen LogP) is 4.25. The fourth-order valence-electron chi connectivity index (χ4n) is 3.78. The zero-order valence-electron chi connectivity index (χ0n) is 16.4. The van der Waals surface area contributed by atoms with Crippen LogP contribution in [0.5, 0.6) is 5.75 Å². The van der Waals surface area contributed by atoms with Gasteiger partial charge in [-0.15, -0.1) is 0 Å². The average Bonchev–Trinajstić information content (AvgIpc) is 2.77. The number of hydrogen-bond acceptors (Lipinski definition) is 5. The van der Waals surface area contributed by atoms with Crippen molar-refractivity contribution in [2.24, 2.45) is 0 Å². The van der Waals surface area contributed by atoms with E-state index in [-0.39, 0.29) is 13.2 Å². The Hall–Kier alpha value is -2.92. The van der Waals surface area contributed by atoms with Crippen molar-refractivity contribution in [3.63, 3.8) is 0 Å². The summed E-state index contributed by atoms with van der Waals surface area (Å²) in [5, 5.41) is 2.12. The highest BCUT2D eigenvalue weighted by molar-refractivity contribution is 6.11. The molecule has 0 bridgehead atoms. The van der Waals surface area contributed by atoms with Gasteiger partial charge in [-0.25, -0.2) is 4.98 Å². The molecule has 2 aromatic carbocycles. The van der Waals surface area contributed by atoms with E-state index in [9.17, 15) is 4.79 Å². The predicted molar refractivity (Wildman–Crippen MR) is 119 cm³/mol. The first kappa shape index (κ1) is 20.8. The third-order valence-corrected chi connectivity index (χ3v) is 5.42. The third kappa shape index (κ3) is 4.10. The normalized spacial score (nSPS) is 14.5. The zero-order chi connectivity index (χ0) is 19.5. The number of rotatable bonds is 5. The van der Waals surface area contributed by atoms with Crippen molar-refractivity contribution in [2.75, 3.05) is 44.7 Å². The van der Waals surface area contributed by atoms with Crippen molar-refractivity contribution in [3.8, 4) is 5.75 Å². The molecule has 1 aromatic heterocycles. The van der Waals surface area contributed by atoms with Crippen LogP contribution in [0.25, 0.3) is 10.8 Å². The molecule has 2 heterocycles. The number of hydrogen-bond donors (Lipinski definition) is 0. The number of nitrogens with zero attached hydrogens (tertiary/aromatic N) is 3. The second-order valence-corrected chi connectivity index (χ2v) is 7.00.